The summed E-state index contributed by atoms with van der Waals surface area (Å²) in [6.07, 6.45) is -0.283. The lowest BCUT2D eigenvalue weighted by molar-refractivity contribution is 0.220. The molecule has 0 heterocycles. The van der Waals surface area contributed by atoms with Crippen molar-refractivity contribution >= 4 is 35.6 Å². The molecular formula is C17H21FIN3O. The molecule has 0 radical (unpaired) electrons. The predicted octanol–water partition coefficient (Wildman–Crippen LogP) is 3.95. The molecule has 124 valence electrons. The van der Waals surface area contributed by atoms with Gasteiger partial charge in [0, 0.05) is 5.69 Å². The first kappa shape index (κ1) is 19.2. The summed E-state index contributed by atoms with van der Waals surface area (Å²) in [7, 11) is 0. The Morgan fingerprint density at radius 2 is 2.00 bits per heavy atom. The molecule has 23 heavy (non-hydrogen) atoms. The van der Waals surface area contributed by atoms with Gasteiger partial charge >= 0.3 is 0 Å². The number of hydrogen-bond donors (Lipinski definition) is 2. The molecule has 1 unspecified atom stereocenters. The Morgan fingerprint density at radius 3 is 2.70 bits per heavy atom. The summed E-state index contributed by atoms with van der Waals surface area (Å²) < 4.78 is 19.0. The van der Waals surface area contributed by atoms with Crippen molar-refractivity contribution in [1.29, 1.82) is 0 Å². The number of halogens is 2. The van der Waals surface area contributed by atoms with E-state index in [0.717, 1.165) is 11.3 Å². The van der Waals surface area contributed by atoms with E-state index in [-0.39, 0.29) is 41.6 Å². The lowest BCUT2D eigenvalue weighted by atomic mass is 10.2. The maximum Gasteiger partial charge on any atom is 0.193 e. The van der Waals surface area contributed by atoms with Gasteiger partial charge in [0.25, 0.3) is 0 Å². The highest BCUT2D eigenvalue weighted by atomic mass is 127. The molecule has 6 heteroatoms. The maximum absolute atomic E-state index is 13.5. The fourth-order valence-corrected chi connectivity index (χ4v) is 1.93. The summed E-state index contributed by atoms with van der Waals surface area (Å²) in [5, 5.41) is 3.01. The minimum atomic E-state index is -0.385. The van der Waals surface area contributed by atoms with Crippen LogP contribution in [0.3, 0.4) is 0 Å². The number of nitrogens with zero attached hydrogens (tertiary/aromatic N) is 1. The van der Waals surface area contributed by atoms with Crippen molar-refractivity contribution in [2.45, 2.75) is 20.0 Å². The third-order valence-electron chi connectivity index (χ3n) is 2.97. The number of ether oxygens (including phenoxy) is 1. The SMILES string of the molecule is Cc1cccc(NC(N)=NCC(C)Oc2ccccc2F)c1.I. The second-order valence-corrected chi connectivity index (χ2v) is 5.08. The van der Waals surface area contributed by atoms with Crippen LogP contribution in [0.25, 0.3) is 0 Å². The van der Waals surface area contributed by atoms with Gasteiger partial charge in [-0.3, -0.25) is 0 Å². The topological polar surface area (TPSA) is 59.6 Å². The first-order chi connectivity index (χ1) is 10.5. The van der Waals surface area contributed by atoms with Crippen molar-refractivity contribution in [2.24, 2.45) is 10.7 Å². The van der Waals surface area contributed by atoms with Crippen molar-refractivity contribution in [1.82, 2.24) is 0 Å². The Balaban J connectivity index is 0.00000264. The second-order valence-electron chi connectivity index (χ2n) is 5.08. The third kappa shape index (κ3) is 6.43. The van der Waals surface area contributed by atoms with E-state index in [1.807, 2.05) is 38.1 Å². The van der Waals surface area contributed by atoms with Gasteiger partial charge in [-0.1, -0.05) is 24.3 Å². The molecule has 1 atom stereocenters. The molecule has 2 rings (SSSR count). The Hall–Kier alpha value is -1.83. The molecule has 0 aliphatic rings. The van der Waals surface area contributed by atoms with Crippen molar-refractivity contribution in [3.8, 4) is 5.75 Å². The molecule has 0 bridgehead atoms. The molecular weight excluding hydrogens is 408 g/mol. The van der Waals surface area contributed by atoms with E-state index in [2.05, 4.69) is 10.3 Å². The molecule has 2 aromatic carbocycles. The quantitative estimate of drug-likeness (QED) is 0.430. The zero-order valence-corrected chi connectivity index (χ0v) is 15.5. The number of nitrogens with one attached hydrogen (secondary N) is 1. The van der Waals surface area contributed by atoms with E-state index in [9.17, 15) is 4.39 Å². The van der Waals surface area contributed by atoms with Crippen molar-refractivity contribution in [3.05, 3.63) is 59.9 Å². The minimum Gasteiger partial charge on any atom is -0.486 e. The number of rotatable bonds is 5. The van der Waals surface area contributed by atoms with E-state index in [0.29, 0.717) is 12.5 Å². The number of guanidine groups is 1. The number of anilines is 1. The van der Waals surface area contributed by atoms with Crippen LogP contribution in [0.5, 0.6) is 5.75 Å². The van der Waals surface area contributed by atoms with Crippen LogP contribution in [0.1, 0.15) is 12.5 Å². The summed E-state index contributed by atoms with van der Waals surface area (Å²) in [4.78, 5) is 4.21. The third-order valence-corrected chi connectivity index (χ3v) is 2.97. The standard InChI is InChI=1S/C17H20FN3O.HI/c1-12-6-5-7-14(10-12)21-17(19)20-11-13(2)22-16-9-4-3-8-15(16)18;/h3-10,13H,11H2,1-2H3,(H3,19,20,21);1H. The zero-order chi connectivity index (χ0) is 15.9. The number of hydrogen-bond acceptors (Lipinski definition) is 2. The number of aliphatic imine (C=N–C) groups is 1. The summed E-state index contributed by atoms with van der Waals surface area (Å²) >= 11 is 0. The van der Waals surface area contributed by atoms with Crippen LogP contribution in [0, 0.1) is 12.7 Å². The highest BCUT2D eigenvalue weighted by Gasteiger charge is 2.07. The van der Waals surface area contributed by atoms with Gasteiger partial charge in [0.05, 0.1) is 6.54 Å². The van der Waals surface area contributed by atoms with Gasteiger partial charge in [-0.25, -0.2) is 9.38 Å². The Kier molecular flexibility index (Phi) is 7.80. The van der Waals surface area contributed by atoms with E-state index < -0.39 is 0 Å². The zero-order valence-electron chi connectivity index (χ0n) is 13.1. The highest BCUT2D eigenvalue weighted by molar-refractivity contribution is 14.0. The fourth-order valence-electron chi connectivity index (χ4n) is 1.93. The Labute approximate surface area is 153 Å². The van der Waals surface area contributed by atoms with Crippen LogP contribution in [0.2, 0.25) is 0 Å². The lowest BCUT2D eigenvalue weighted by Gasteiger charge is -2.13. The van der Waals surface area contributed by atoms with Crippen molar-refractivity contribution in [3.63, 3.8) is 0 Å². The maximum atomic E-state index is 13.5. The number of nitrogens with two attached hydrogens (primary N) is 1. The first-order valence-electron chi connectivity index (χ1n) is 7.09. The van der Waals surface area contributed by atoms with Gasteiger partial charge in [0.1, 0.15) is 6.10 Å². The molecule has 0 amide bonds. The van der Waals surface area contributed by atoms with Gasteiger partial charge in [-0.2, -0.15) is 0 Å². The van der Waals surface area contributed by atoms with Crippen LogP contribution in [0.4, 0.5) is 10.1 Å². The van der Waals surface area contributed by atoms with E-state index in [1.165, 1.54) is 6.07 Å². The van der Waals surface area contributed by atoms with Gasteiger partial charge in [-0.05, 0) is 43.7 Å². The largest absolute Gasteiger partial charge is 0.486 e. The second kappa shape index (κ2) is 9.34. The molecule has 0 fully saturated rings. The summed E-state index contributed by atoms with van der Waals surface area (Å²) in [6.45, 7) is 4.15. The van der Waals surface area contributed by atoms with Crippen LogP contribution < -0.4 is 15.8 Å². The smallest absolute Gasteiger partial charge is 0.193 e. The van der Waals surface area contributed by atoms with Crippen LogP contribution in [-0.2, 0) is 0 Å². The normalized spacial score (nSPS) is 12.2. The highest BCUT2D eigenvalue weighted by Crippen LogP contribution is 2.17. The molecule has 0 aliphatic carbocycles. The first-order valence-corrected chi connectivity index (χ1v) is 7.09. The van der Waals surface area contributed by atoms with Crippen LogP contribution in [0.15, 0.2) is 53.5 Å². The average Bonchev–Trinajstić information content (AvgIpc) is 2.48. The average molecular weight is 429 g/mol. The predicted molar refractivity (Wildman–Crippen MR) is 103 cm³/mol. The van der Waals surface area contributed by atoms with Crippen LogP contribution in [-0.4, -0.2) is 18.6 Å². The molecule has 0 saturated carbocycles. The van der Waals surface area contributed by atoms with Crippen LogP contribution >= 0.6 is 24.0 Å². The number of aryl methyl sites for hydroxylation is 1. The molecule has 4 nitrogen and oxygen atoms in total. The van der Waals surface area contributed by atoms with Gasteiger partial charge in [0.2, 0.25) is 0 Å². The van der Waals surface area contributed by atoms with Gasteiger partial charge in [-0.15, -0.1) is 24.0 Å². The van der Waals surface area contributed by atoms with E-state index in [1.54, 1.807) is 18.2 Å². The van der Waals surface area contributed by atoms with Crippen molar-refractivity contribution in [2.75, 3.05) is 11.9 Å². The lowest BCUT2D eigenvalue weighted by Crippen LogP contribution is -2.25. The monoisotopic (exact) mass is 429 g/mol. The molecule has 0 spiro atoms. The summed E-state index contributed by atoms with van der Waals surface area (Å²) in [5.74, 6) is 0.134. The molecule has 0 saturated heterocycles. The minimum absolute atomic E-state index is 0. The molecule has 0 aliphatic heterocycles. The number of benzene rings is 2. The van der Waals surface area contributed by atoms with Crippen molar-refractivity contribution < 1.29 is 9.13 Å². The number of para-hydroxylation sites is 1. The van der Waals surface area contributed by atoms with E-state index >= 15 is 0 Å². The summed E-state index contributed by atoms with van der Waals surface area (Å²) in [5.41, 5.74) is 7.85. The molecule has 2 aromatic rings. The van der Waals surface area contributed by atoms with E-state index in [4.69, 9.17) is 10.5 Å². The Bertz CT molecular complexity index is 664. The summed E-state index contributed by atoms with van der Waals surface area (Å²) in [6, 6.07) is 14.1. The molecule has 3 N–H and O–H groups in total. The fraction of sp³-hybridized carbons (Fsp3) is 0.235. The molecule has 0 aromatic heterocycles. The van der Waals surface area contributed by atoms with Gasteiger partial charge in [0.15, 0.2) is 17.5 Å². The Morgan fingerprint density at radius 1 is 1.26 bits per heavy atom. The van der Waals surface area contributed by atoms with Gasteiger partial charge < -0.3 is 15.8 Å².